The van der Waals surface area contributed by atoms with Crippen molar-refractivity contribution in [2.45, 2.75) is 19.1 Å². The third-order valence-corrected chi connectivity index (χ3v) is 5.64. The Morgan fingerprint density at radius 3 is 2.63 bits per heavy atom. The van der Waals surface area contributed by atoms with Gasteiger partial charge in [-0.3, -0.25) is 14.6 Å². The molecule has 1 amide bonds. The average Bonchev–Trinajstić information content (AvgIpc) is 3.36. The Hall–Kier alpha value is -4.23. The number of aromatic nitrogens is 7. The molecule has 4 aromatic rings. The van der Waals surface area contributed by atoms with Gasteiger partial charge in [-0.1, -0.05) is 0 Å². The number of carboxylic acid groups (broad SMARTS) is 1. The monoisotopic (exact) mass is 487 g/mol. The van der Waals surface area contributed by atoms with Gasteiger partial charge in [-0.2, -0.15) is 23.4 Å². The Balaban J connectivity index is 1.43. The van der Waals surface area contributed by atoms with Crippen molar-refractivity contribution in [1.29, 1.82) is 0 Å². The van der Waals surface area contributed by atoms with E-state index in [0.717, 1.165) is 10.1 Å². The van der Waals surface area contributed by atoms with Crippen molar-refractivity contribution < 1.29 is 23.1 Å². The molecule has 35 heavy (non-hydrogen) atoms. The molecule has 182 valence electrons. The zero-order valence-corrected chi connectivity index (χ0v) is 18.3. The number of anilines is 1. The summed E-state index contributed by atoms with van der Waals surface area (Å²) in [4.78, 5) is 28.0. The molecule has 1 aliphatic rings. The highest BCUT2D eigenvalue weighted by Gasteiger charge is 2.28. The number of halogens is 3. The normalized spacial score (nSPS) is 14.9. The maximum atomic E-state index is 12.7. The van der Waals surface area contributed by atoms with Crippen LogP contribution in [0.5, 0.6) is 0 Å². The third kappa shape index (κ3) is 4.85. The van der Waals surface area contributed by atoms with E-state index in [1.807, 2.05) is 4.90 Å². The van der Waals surface area contributed by atoms with Crippen LogP contribution in [0, 0.1) is 0 Å². The van der Waals surface area contributed by atoms with Crippen LogP contribution in [0.2, 0.25) is 0 Å². The van der Waals surface area contributed by atoms with Crippen LogP contribution in [0.4, 0.5) is 23.8 Å². The van der Waals surface area contributed by atoms with E-state index in [4.69, 9.17) is 0 Å². The van der Waals surface area contributed by atoms with E-state index in [9.17, 15) is 23.1 Å². The van der Waals surface area contributed by atoms with Crippen LogP contribution in [0.25, 0.3) is 28.0 Å². The maximum Gasteiger partial charge on any atom is 0.408 e. The number of alkyl halides is 3. The Bertz CT molecular complexity index is 1370. The van der Waals surface area contributed by atoms with E-state index in [-0.39, 0.29) is 0 Å². The molecular weight excluding hydrogens is 467 g/mol. The van der Waals surface area contributed by atoms with Gasteiger partial charge in [0.1, 0.15) is 12.4 Å². The molecule has 5 rings (SSSR count). The van der Waals surface area contributed by atoms with Gasteiger partial charge in [0, 0.05) is 49.5 Å². The summed E-state index contributed by atoms with van der Waals surface area (Å²) in [6.45, 7) is 0.759. The molecule has 4 aromatic heterocycles. The van der Waals surface area contributed by atoms with Gasteiger partial charge in [0.25, 0.3) is 0 Å². The quantitative estimate of drug-likeness (QED) is 0.467. The van der Waals surface area contributed by atoms with Gasteiger partial charge >= 0.3 is 12.3 Å². The highest BCUT2D eigenvalue weighted by molar-refractivity contribution is 5.83. The number of fused-ring (bicyclic) bond motifs is 1. The zero-order chi connectivity index (χ0) is 24.6. The second kappa shape index (κ2) is 8.85. The largest absolute Gasteiger partial charge is 0.465 e. The van der Waals surface area contributed by atoms with E-state index >= 15 is 0 Å². The molecule has 1 saturated heterocycles. The highest BCUT2D eigenvalue weighted by atomic mass is 19.4. The first-order chi connectivity index (χ1) is 16.8. The van der Waals surface area contributed by atoms with Gasteiger partial charge in [0.05, 0.1) is 36.0 Å². The van der Waals surface area contributed by atoms with Crippen LogP contribution in [0.3, 0.4) is 0 Å². The van der Waals surface area contributed by atoms with Crippen molar-refractivity contribution >= 4 is 22.8 Å². The second-order valence-electron chi connectivity index (χ2n) is 8.07. The number of carbonyl (C=O) groups is 1. The number of hydrogen-bond acceptors (Lipinski definition) is 7. The van der Waals surface area contributed by atoms with Gasteiger partial charge in [-0.25, -0.2) is 14.5 Å². The fraction of sp³-hybridized carbons (Fsp3) is 0.333. The molecule has 0 spiro atoms. The van der Waals surface area contributed by atoms with E-state index in [1.165, 1.54) is 17.3 Å². The molecule has 0 atom stereocenters. The molecule has 11 nitrogen and oxygen atoms in total. The third-order valence-electron chi connectivity index (χ3n) is 5.64. The standard InChI is InChI=1S/C21H20F3N9O2/c22-21(23,24)13-32-12-15(9-27-32)16-6-17-14(7-26-16)8-28-33(17)19-11-25-10-18(29-19)30-2-1-3-31(5-4-30)20(34)35/h6-12H,1-5,13H2,(H,34,35). The fourth-order valence-electron chi connectivity index (χ4n) is 3.96. The number of hydrogen-bond donors (Lipinski definition) is 1. The maximum absolute atomic E-state index is 12.7. The van der Waals surface area contributed by atoms with Crippen LogP contribution in [-0.2, 0) is 6.54 Å². The smallest absolute Gasteiger partial charge is 0.408 e. The molecule has 1 aliphatic heterocycles. The Labute approximate surface area is 196 Å². The van der Waals surface area contributed by atoms with Crippen molar-refractivity contribution in [1.82, 2.24) is 39.4 Å². The van der Waals surface area contributed by atoms with E-state index in [1.54, 1.807) is 35.5 Å². The minimum absolute atomic E-state index is 0.364. The van der Waals surface area contributed by atoms with Crippen LogP contribution in [0.15, 0.2) is 43.2 Å². The van der Waals surface area contributed by atoms with Gasteiger partial charge in [0.15, 0.2) is 5.82 Å². The first-order valence-electron chi connectivity index (χ1n) is 10.8. The van der Waals surface area contributed by atoms with Crippen molar-refractivity contribution in [3.05, 3.63) is 43.2 Å². The summed E-state index contributed by atoms with van der Waals surface area (Å²) in [5.74, 6) is 1.04. The van der Waals surface area contributed by atoms with E-state index in [2.05, 4.69) is 25.1 Å². The lowest BCUT2D eigenvalue weighted by molar-refractivity contribution is -0.142. The minimum Gasteiger partial charge on any atom is -0.465 e. The average molecular weight is 487 g/mol. The van der Waals surface area contributed by atoms with Crippen molar-refractivity contribution in [2.24, 2.45) is 0 Å². The lowest BCUT2D eigenvalue weighted by Crippen LogP contribution is -2.34. The molecule has 1 N–H and O–H groups in total. The Kier molecular flexibility index (Phi) is 5.70. The molecule has 0 radical (unpaired) electrons. The minimum atomic E-state index is -4.37. The van der Waals surface area contributed by atoms with Gasteiger partial charge < -0.3 is 14.9 Å². The first-order valence-corrected chi connectivity index (χ1v) is 10.8. The summed E-state index contributed by atoms with van der Waals surface area (Å²) in [6.07, 6.45) is 4.35. The fourth-order valence-corrected chi connectivity index (χ4v) is 3.96. The molecule has 0 unspecified atom stereocenters. The van der Waals surface area contributed by atoms with Crippen molar-refractivity contribution in [3.63, 3.8) is 0 Å². The molecular formula is C21H20F3N9O2. The lowest BCUT2D eigenvalue weighted by atomic mass is 10.2. The first kappa shape index (κ1) is 22.6. The summed E-state index contributed by atoms with van der Waals surface area (Å²) in [6, 6.07) is 1.71. The predicted molar refractivity (Wildman–Crippen MR) is 118 cm³/mol. The number of pyridine rings is 1. The topological polar surface area (TPSA) is 118 Å². The van der Waals surface area contributed by atoms with Crippen LogP contribution >= 0.6 is 0 Å². The Morgan fingerprint density at radius 1 is 1.00 bits per heavy atom. The molecule has 5 heterocycles. The van der Waals surface area contributed by atoms with Gasteiger partial charge in [-0.05, 0) is 12.5 Å². The van der Waals surface area contributed by atoms with Gasteiger partial charge in [-0.15, -0.1) is 0 Å². The molecule has 0 aromatic carbocycles. The summed E-state index contributed by atoms with van der Waals surface area (Å²) in [7, 11) is 0. The lowest BCUT2D eigenvalue weighted by Gasteiger charge is -2.21. The summed E-state index contributed by atoms with van der Waals surface area (Å²) >= 11 is 0. The summed E-state index contributed by atoms with van der Waals surface area (Å²) < 4.78 is 40.4. The van der Waals surface area contributed by atoms with E-state index < -0.39 is 18.8 Å². The number of rotatable bonds is 4. The SMILES string of the molecule is O=C(O)N1CCCN(c2cncc(-n3ncc4cnc(-c5cnn(CC(F)(F)F)c5)cc43)n2)CC1. The predicted octanol–water partition coefficient (Wildman–Crippen LogP) is 2.83. The summed E-state index contributed by atoms with van der Waals surface area (Å²) in [5.41, 5.74) is 1.53. The van der Waals surface area contributed by atoms with Crippen molar-refractivity contribution in [2.75, 3.05) is 31.1 Å². The molecule has 14 heteroatoms. The number of amides is 1. The molecule has 0 saturated carbocycles. The molecule has 0 aliphatic carbocycles. The van der Waals surface area contributed by atoms with E-state index in [0.29, 0.717) is 61.0 Å². The number of nitrogens with zero attached hydrogens (tertiary/aromatic N) is 9. The van der Waals surface area contributed by atoms with Crippen LogP contribution < -0.4 is 4.90 Å². The highest BCUT2D eigenvalue weighted by Crippen LogP contribution is 2.25. The molecule has 0 bridgehead atoms. The Morgan fingerprint density at radius 2 is 1.83 bits per heavy atom. The second-order valence-corrected chi connectivity index (χ2v) is 8.07. The van der Waals surface area contributed by atoms with Crippen molar-refractivity contribution in [3.8, 4) is 17.1 Å². The molecule has 1 fully saturated rings. The van der Waals surface area contributed by atoms with Crippen LogP contribution in [-0.4, -0.2) is 83.0 Å². The zero-order valence-electron chi connectivity index (χ0n) is 18.3. The van der Waals surface area contributed by atoms with Gasteiger partial charge in [0.2, 0.25) is 0 Å². The van der Waals surface area contributed by atoms with Crippen LogP contribution in [0.1, 0.15) is 6.42 Å². The summed E-state index contributed by atoms with van der Waals surface area (Å²) in [5, 5.41) is 18.1.